The molecule has 324 valence electrons. The van der Waals surface area contributed by atoms with Crippen LogP contribution in [-0.4, -0.2) is 88.6 Å². The molecule has 5 heterocycles. The van der Waals surface area contributed by atoms with Crippen LogP contribution in [0.2, 0.25) is 10.0 Å². The lowest BCUT2D eigenvalue weighted by Gasteiger charge is -2.20. The largest absolute Gasteiger partial charge is 1.00 e. The van der Waals surface area contributed by atoms with Gasteiger partial charge in [-0.05, 0) is 50.2 Å². The summed E-state index contributed by atoms with van der Waals surface area (Å²) in [7, 11) is -7.41. The molecule has 0 spiro atoms. The highest BCUT2D eigenvalue weighted by Gasteiger charge is 2.33. The molecule has 2 atom stereocenters. The number of carbonyl (C=O) groups excluding carboxylic acids is 1. The van der Waals surface area contributed by atoms with Crippen LogP contribution in [0.5, 0.6) is 11.5 Å². The number of ketones is 1. The SMILES string of the molecule is CS(=O)(=O)Oc1cccc(Cl)c1C1CC(C(=O)CCl)=NO1.CS(=O)(=O)Oc1cccc(Cl)c1C1CC(c2csc(C3CC[NH2+]CC3)n2)=NO1.NC(=S)C1CCNCC1.[Cl-]. The third-order valence-corrected chi connectivity index (χ3v) is 12.5. The first-order valence-corrected chi connectivity index (χ1v) is 24.4. The van der Waals surface area contributed by atoms with E-state index < -0.39 is 32.4 Å². The smallest absolute Gasteiger partial charge is 0.306 e. The second kappa shape index (κ2) is 22.3. The van der Waals surface area contributed by atoms with Crippen LogP contribution in [-0.2, 0) is 34.7 Å². The number of nitrogens with two attached hydrogens (primary N) is 2. The van der Waals surface area contributed by atoms with Crippen LogP contribution in [0, 0.1) is 5.92 Å². The quantitative estimate of drug-likeness (QED) is 0.143. The summed E-state index contributed by atoms with van der Waals surface area (Å²) in [6, 6.07) is 9.44. The zero-order chi connectivity index (χ0) is 42.0. The summed E-state index contributed by atoms with van der Waals surface area (Å²) < 4.78 is 55.7. The Bertz CT molecular complexity index is 2230. The summed E-state index contributed by atoms with van der Waals surface area (Å²) in [6.45, 7) is 4.42. The van der Waals surface area contributed by atoms with Crippen molar-refractivity contribution in [3.8, 4) is 11.5 Å². The van der Waals surface area contributed by atoms with E-state index in [1.165, 1.54) is 6.07 Å². The van der Waals surface area contributed by atoms with E-state index in [1.54, 1.807) is 41.7 Å². The number of rotatable bonds is 11. The molecule has 4 aliphatic heterocycles. The van der Waals surface area contributed by atoms with Crippen molar-refractivity contribution < 1.29 is 57.4 Å². The minimum Gasteiger partial charge on any atom is -1.00 e. The molecule has 3 aromatic rings. The number of quaternary nitrogens is 1. The number of piperidine rings is 2. The minimum absolute atomic E-state index is 0. The van der Waals surface area contributed by atoms with Crippen LogP contribution in [0.15, 0.2) is 52.1 Å². The lowest BCUT2D eigenvalue weighted by atomic mass is 9.99. The Hall–Kier alpha value is -2.85. The Morgan fingerprint density at radius 1 is 0.915 bits per heavy atom. The van der Waals surface area contributed by atoms with Gasteiger partial charge in [0.25, 0.3) is 0 Å². The first-order chi connectivity index (χ1) is 27.5. The lowest BCUT2D eigenvalue weighted by Crippen LogP contribution is -3.00. The van der Waals surface area contributed by atoms with Crippen LogP contribution in [0.4, 0.5) is 0 Å². The molecule has 0 radical (unpaired) electrons. The number of hydrogen-bond acceptors (Lipinski definition) is 15. The van der Waals surface area contributed by atoms with Gasteiger partial charge in [0, 0.05) is 42.9 Å². The number of thiocarbonyl (C=S) groups is 1. The van der Waals surface area contributed by atoms with Gasteiger partial charge in [0.1, 0.15) is 11.4 Å². The predicted molar refractivity (Wildman–Crippen MR) is 229 cm³/mol. The van der Waals surface area contributed by atoms with Gasteiger partial charge in [0.15, 0.2) is 29.5 Å². The standard InChI is InChI=1S/C18H20ClN3O4S2.C12H11Cl2NO5S.C6H12N2S.ClH/c1-28(23,24)26-15-4-2-3-12(19)17(15)16-9-13(22-25-16)14-10-27-18(21-14)11-5-7-20-8-6-11;1-21(17,18)20-10-4-2-3-7(14)12(10)11-5-8(15-19-11)9(16)6-13;7-6(9)5-1-3-8-4-2-5;/h2-4,10-11,16,20H,5-9H2,1H3;2-4,11H,5-6H2,1H3;5,8H,1-4H2,(H2,7,9);1H. The molecule has 0 saturated carbocycles. The molecule has 15 nitrogen and oxygen atoms in total. The van der Waals surface area contributed by atoms with Crippen molar-refractivity contribution in [2.75, 3.05) is 44.6 Å². The number of carbonyl (C=O) groups is 1. The summed E-state index contributed by atoms with van der Waals surface area (Å²) >= 11 is 24.4. The fourth-order valence-electron chi connectivity index (χ4n) is 6.48. The molecule has 5 N–H and O–H groups in total. The fraction of sp³-hybridized carbons (Fsp3) is 0.472. The second-order valence-electron chi connectivity index (χ2n) is 13.7. The predicted octanol–water partition coefficient (Wildman–Crippen LogP) is 2.02. The van der Waals surface area contributed by atoms with Gasteiger partial charge in [0.2, 0.25) is 0 Å². The van der Waals surface area contributed by atoms with Crippen molar-refractivity contribution in [1.29, 1.82) is 0 Å². The Kier molecular flexibility index (Phi) is 18.5. The zero-order valence-corrected chi connectivity index (χ0v) is 38.2. The van der Waals surface area contributed by atoms with Crippen LogP contribution in [0.3, 0.4) is 0 Å². The highest BCUT2D eigenvalue weighted by molar-refractivity contribution is 7.86. The first kappa shape index (κ1) is 48.8. The highest BCUT2D eigenvalue weighted by Crippen LogP contribution is 2.41. The highest BCUT2D eigenvalue weighted by atomic mass is 35.5. The number of aromatic nitrogens is 1. The maximum Gasteiger partial charge on any atom is 0.306 e. The number of Topliss-reactive ketones (excluding diaryl/α,β-unsaturated/α-hetero) is 1. The van der Waals surface area contributed by atoms with E-state index in [1.807, 2.05) is 5.38 Å². The molecule has 0 bridgehead atoms. The van der Waals surface area contributed by atoms with Crippen molar-refractivity contribution in [1.82, 2.24) is 10.3 Å². The maximum atomic E-state index is 11.6. The minimum atomic E-state index is -3.72. The number of hydrogen-bond donors (Lipinski definition) is 3. The first-order valence-electron chi connectivity index (χ1n) is 18.2. The molecule has 4 aliphatic rings. The molecule has 2 unspecified atom stereocenters. The summed E-state index contributed by atoms with van der Waals surface area (Å²) in [5, 5.41) is 17.2. The van der Waals surface area contributed by atoms with Gasteiger partial charge in [-0.1, -0.05) is 57.9 Å². The molecule has 0 amide bonds. The third-order valence-electron chi connectivity index (χ3n) is 9.28. The van der Waals surface area contributed by atoms with E-state index in [0.29, 0.717) is 39.4 Å². The number of nitrogens with zero attached hydrogens (tertiary/aromatic N) is 3. The number of benzene rings is 2. The van der Waals surface area contributed by atoms with Crippen LogP contribution >= 0.6 is 58.4 Å². The van der Waals surface area contributed by atoms with Gasteiger partial charge in [-0.15, -0.1) is 22.9 Å². The van der Waals surface area contributed by atoms with Gasteiger partial charge < -0.3 is 46.8 Å². The van der Waals surface area contributed by atoms with E-state index in [-0.39, 0.29) is 52.7 Å². The molecule has 0 aliphatic carbocycles. The topological polar surface area (TPSA) is 215 Å². The molecular formula is C36H44Cl4N6O9S4. The lowest BCUT2D eigenvalue weighted by molar-refractivity contribution is -0.663. The van der Waals surface area contributed by atoms with Crippen LogP contribution in [0.25, 0.3) is 0 Å². The average Bonchev–Trinajstić information content (AvgIpc) is 3.97. The maximum absolute atomic E-state index is 11.6. The zero-order valence-electron chi connectivity index (χ0n) is 31.9. The normalized spacial score (nSPS) is 19.5. The van der Waals surface area contributed by atoms with Gasteiger partial charge in [-0.3, -0.25) is 4.79 Å². The average molecular weight is 975 g/mol. The third kappa shape index (κ3) is 14.4. The van der Waals surface area contributed by atoms with Gasteiger partial charge in [-0.25, -0.2) is 4.98 Å². The molecule has 1 aromatic heterocycles. The van der Waals surface area contributed by atoms with Crippen molar-refractivity contribution in [3.63, 3.8) is 0 Å². The van der Waals surface area contributed by atoms with E-state index in [0.717, 1.165) is 80.8 Å². The number of halogens is 4. The fourth-order valence-corrected chi connectivity index (χ4v) is 9.38. The number of thiazole rings is 1. The Labute approximate surface area is 374 Å². The van der Waals surface area contributed by atoms with Crippen molar-refractivity contribution in [3.05, 3.63) is 73.7 Å². The summed E-state index contributed by atoms with van der Waals surface area (Å²) in [5.41, 5.74) is 8.01. The molecule has 2 aromatic carbocycles. The molecule has 2 fully saturated rings. The summed E-state index contributed by atoms with van der Waals surface area (Å²) in [5.74, 6) is 0.668. The number of nitrogens with one attached hydrogen (secondary N) is 1. The Morgan fingerprint density at radius 2 is 1.46 bits per heavy atom. The van der Waals surface area contributed by atoms with E-state index in [9.17, 15) is 21.6 Å². The van der Waals surface area contributed by atoms with Crippen molar-refractivity contribution in [2.24, 2.45) is 22.0 Å². The van der Waals surface area contributed by atoms with Gasteiger partial charge in [0.05, 0.1) is 68.3 Å². The molecule has 59 heavy (non-hydrogen) atoms. The van der Waals surface area contributed by atoms with Crippen LogP contribution in [0.1, 0.15) is 78.5 Å². The van der Waals surface area contributed by atoms with Gasteiger partial charge in [-0.2, -0.15) is 16.8 Å². The van der Waals surface area contributed by atoms with Crippen molar-refractivity contribution in [2.45, 2.75) is 56.7 Å². The molecule has 2 saturated heterocycles. The van der Waals surface area contributed by atoms with Crippen LogP contribution < -0.4 is 37.1 Å². The molecule has 23 heteroatoms. The summed E-state index contributed by atoms with van der Waals surface area (Å²) in [4.78, 5) is 27.7. The number of alkyl halides is 1. The van der Waals surface area contributed by atoms with E-state index >= 15 is 0 Å². The Balaban J connectivity index is 0.000000218. The Morgan fingerprint density at radius 3 is 1.97 bits per heavy atom. The van der Waals surface area contributed by atoms with Gasteiger partial charge >= 0.3 is 20.2 Å². The monoisotopic (exact) mass is 972 g/mol. The number of oxime groups is 2. The molecule has 7 rings (SSSR count). The molecular weight excluding hydrogens is 931 g/mol. The second-order valence-corrected chi connectivity index (χ2v) is 19.3. The van der Waals surface area contributed by atoms with E-state index in [2.05, 4.69) is 20.9 Å². The summed E-state index contributed by atoms with van der Waals surface area (Å²) in [6.07, 6.45) is 5.83. The van der Waals surface area contributed by atoms with E-state index in [4.69, 9.17) is 75.8 Å². The van der Waals surface area contributed by atoms with Crippen molar-refractivity contribution >= 4 is 101 Å².